The zero-order valence-corrected chi connectivity index (χ0v) is 11.8. The van der Waals surface area contributed by atoms with Crippen LogP contribution in [-0.2, 0) is 4.79 Å². The molecule has 20 heavy (non-hydrogen) atoms. The van der Waals surface area contributed by atoms with Crippen molar-refractivity contribution in [1.29, 1.82) is 0 Å². The number of hydrogen-bond donors (Lipinski definition) is 1. The van der Waals surface area contributed by atoms with E-state index in [4.69, 9.17) is 0 Å². The van der Waals surface area contributed by atoms with Gasteiger partial charge in [0.25, 0.3) is 0 Å². The molecule has 3 rings (SSSR count). The lowest BCUT2D eigenvalue weighted by Crippen LogP contribution is -2.40. The van der Waals surface area contributed by atoms with E-state index in [9.17, 15) is 4.79 Å². The highest BCUT2D eigenvalue weighted by Gasteiger charge is 2.31. The molecular formula is C17H18N2O. The molecule has 1 N–H and O–H groups in total. The molecule has 102 valence electrons. The van der Waals surface area contributed by atoms with Crippen molar-refractivity contribution in [3.63, 3.8) is 0 Å². The number of anilines is 1. The number of carbonyl (C=O) groups is 1. The molecule has 1 amide bonds. The smallest absolute Gasteiger partial charge is 0.241 e. The molecule has 1 aliphatic heterocycles. The highest BCUT2D eigenvalue weighted by molar-refractivity contribution is 6.02. The summed E-state index contributed by atoms with van der Waals surface area (Å²) in [5, 5.41) is 2.95. The maximum Gasteiger partial charge on any atom is 0.241 e. The second-order valence-corrected chi connectivity index (χ2v) is 5.07. The number of likely N-dealkylation sites (N-methyl/N-ethyl adjacent to an activating group) is 1. The van der Waals surface area contributed by atoms with E-state index in [1.807, 2.05) is 35.2 Å². The molecule has 3 heteroatoms. The standard InChI is InChI=1S/C17H18N2O/c1-12-13-7-3-4-8-14(13)15-9-5-6-10-16(15)19(12)17(20)11-18-2/h3-10,12,18H,11H2,1-2H3. The fourth-order valence-corrected chi connectivity index (χ4v) is 2.95. The summed E-state index contributed by atoms with van der Waals surface area (Å²) < 4.78 is 0. The minimum Gasteiger partial charge on any atom is -0.311 e. The molecular weight excluding hydrogens is 248 g/mol. The maximum atomic E-state index is 12.4. The third-order valence-corrected chi connectivity index (χ3v) is 3.85. The molecule has 0 aliphatic carbocycles. The summed E-state index contributed by atoms with van der Waals surface area (Å²) in [6, 6.07) is 16.5. The lowest BCUT2D eigenvalue weighted by atomic mass is 9.89. The number of nitrogens with one attached hydrogen (secondary N) is 1. The lowest BCUT2D eigenvalue weighted by molar-refractivity contribution is -0.118. The molecule has 0 radical (unpaired) electrons. The Hall–Kier alpha value is -2.13. The SMILES string of the molecule is CNCC(=O)N1c2ccccc2-c2ccccc2C1C. The fourth-order valence-electron chi connectivity index (χ4n) is 2.95. The summed E-state index contributed by atoms with van der Waals surface area (Å²) in [7, 11) is 1.80. The summed E-state index contributed by atoms with van der Waals surface area (Å²) in [6.45, 7) is 2.43. The van der Waals surface area contributed by atoms with Crippen molar-refractivity contribution in [1.82, 2.24) is 5.32 Å². The van der Waals surface area contributed by atoms with Crippen LogP contribution in [0, 0.1) is 0 Å². The Morgan fingerprint density at radius 3 is 2.50 bits per heavy atom. The van der Waals surface area contributed by atoms with Crippen LogP contribution in [-0.4, -0.2) is 19.5 Å². The molecule has 0 fully saturated rings. The number of nitrogens with zero attached hydrogens (tertiary/aromatic N) is 1. The van der Waals surface area contributed by atoms with Crippen LogP contribution in [0.3, 0.4) is 0 Å². The number of hydrogen-bond acceptors (Lipinski definition) is 2. The zero-order chi connectivity index (χ0) is 14.1. The normalized spacial score (nSPS) is 16.5. The molecule has 0 saturated carbocycles. The molecule has 2 aromatic rings. The van der Waals surface area contributed by atoms with Gasteiger partial charge in [-0.05, 0) is 31.2 Å². The van der Waals surface area contributed by atoms with E-state index < -0.39 is 0 Å². The third kappa shape index (κ3) is 1.91. The number of rotatable bonds is 2. The monoisotopic (exact) mass is 266 g/mol. The average molecular weight is 266 g/mol. The van der Waals surface area contributed by atoms with Crippen molar-refractivity contribution in [2.24, 2.45) is 0 Å². The van der Waals surface area contributed by atoms with Crippen molar-refractivity contribution >= 4 is 11.6 Å². The van der Waals surface area contributed by atoms with Gasteiger partial charge in [-0.1, -0.05) is 42.5 Å². The van der Waals surface area contributed by atoms with Gasteiger partial charge in [0.1, 0.15) is 0 Å². The molecule has 1 unspecified atom stereocenters. The summed E-state index contributed by atoms with van der Waals surface area (Å²) in [4.78, 5) is 14.3. The zero-order valence-electron chi connectivity index (χ0n) is 11.8. The van der Waals surface area contributed by atoms with E-state index in [1.165, 1.54) is 11.1 Å². The molecule has 2 aromatic carbocycles. The van der Waals surface area contributed by atoms with Gasteiger partial charge in [0.05, 0.1) is 18.3 Å². The van der Waals surface area contributed by atoms with Gasteiger partial charge in [0.15, 0.2) is 0 Å². The van der Waals surface area contributed by atoms with Crippen molar-refractivity contribution in [3.05, 3.63) is 54.1 Å². The van der Waals surface area contributed by atoms with Gasteiger partial charge < -0.3 is 10.2 Å². The van der Waals surface area contributed by atoms with E-state index in [0.29, 0.717) is 6.54 Å². The molecule has 3 nitrogen and oxygen atoms in total. The molecule has 1 aliphatic rings. The maximum absolute atomic E-state index is 12.4. The van der Waals surface area contributed by atoms with Crippen LogP contribution in [0.1, 0.15) is 18.5 Å². The van der Waals surface area contributed by atoms with Crippen molar-refractivity contribution in [2.45, 2.75) is 13.0 Å². The lowest BCUT2D eigenvalue weighted by Gasteiger charge is -2.37. The van der Waals surface area contributed by atoms with Crippen LogP contribution < -0.4 is 10.2 Å². The van der Waals surface area contributed by atoms with Gasteiger partial charge >= 0.3 is 0 Å². The largest absolute Gasteiger partial charge is 0.311 e. The van der Waals surface area contributed by atoms with Crippen LogP contribution in [0.2, 0.25) is 0 Å². The van der Waals surface area contributed by atoms with E-state index in [2.05, 4.69) is 30.4 Å². The minimum atomic E-state index is 0.0574. The van der Waals surface area contributed by atoms with E-state index in [-0.39, 0.29) is 11.9 Å². The van der Waals surface area contributed by atoms with Crippen LogP contribution in [0.4, 0.5) is 5.69 Å². The summed E-state index contributed by atoms with van der Waals surface area (Å²) in [6.07, 6.45) is 0. The molecule has 0 spiro atoms. The number of carbonyl (C=O) groups excluding carboxylic acids is 1. The summed E-state index contributed by atoms with van der Waals surface area (Å²) in [5.74, 6) is 0.0990. The second kappa shape index (κ2) is 5.10. The van der Waals surface area contributed by atoms with Gasteiger partial charge in [-0.25, -0.2) is 0 Å². The van der Waals surface area contributed by atoms with Crippen molar-refractivity contribution in [2.75, 3.05) is 18.5 Å². The molecule has 0 saturated heterocycles. The van der Waals surface area contributed by atoms with Crippen LogP contribution in [0.25, 0.3) is 11.1 Å². The first-order chi connectivity index (χ1) is 9.74. The Morgan fingerprint density at radius 1 is 1.10 bits per heavy atom. The topological polar surface area (TPSA) is 32.3 Å². The first-order valence-corrected chi connectivity index (χ1v) is 6.89. The summed E-state index contributed by atoms with van der Waals surface area (Å²) in [5.41, 5.74) is 4.56. The predicted molar refractivity (Wildman–Crippen MR) is 81.7 cm³/mol. The number of amides is 1. The first kappa shape index (κ1) is 12.9. The minimum absolute atomic E-state index is 0.0574. The molecule has 1 atom stereocenters. The highest BCUT2D eigenvalue weighted by Crippen LogP contribution is 2.44. The third-order valence-electron chi connectivity index (χ3n) is 3.85. The Labute approximate surface area is 119 Å². The Bertz CT molecular complexity index is 651. The summed E-state index contributed by atoms with van der Waals surface area (Å²) >= 11 is 0. The fraction of sp³-hybridized carbons (Fsp3) is 0.235. The Morgan fingerprint density at radius 2 is 1.75 bits per heavy atom. The van der Waals surface area contributed by atoms with Gasteiger partial charge in [0.2, 0.25) is 5.91 Å². The van der Waals surface area contributed by atoms with Gasteiger partial charge in [0, 0.05) is 5.56 Å². The average Bonchev–Trinajstić information content (AvgIpc) is 2.48. The van der Waals surface area contributed by atoms with Gasteiger partial charge in [-0.2, -0.15) is 0 Å². The van der Waals surface area contributed by atoms with Gasteiger partial charge in [-0.3, -0.25) is 4.79 Å². The number of benzene rings is 2. The van der Waals surface area contributed by atoms with Crippen LogP contribution in [0.15, 0.2) is 48.5 Å². The van der Waals surface area contributed by atoms with Gasteiger partial charge in [-0.15, -0.1) is 0 Å². The van der Waals surface area contributed by atoms with Crippen LogP contribution in [0.5, 0.6) is 0 Å². The van der Waals surface area contributed by atoms with E-state index in [0.717, 1.165) is 11.3 Å². The van der Waals surface area contributed by atoms with Crippen LogP contribution >= 0.6 is 0 Å². The Balaban J connectivity index is 2.18. The molecule has 0 bridgehead atoms. The van der Waals surface area contributed by atoms with Crippen molar-refractivity contribution in [3.8, 4) is 11.1 Å². The molecule has 0 aromatic heterocycles. The predicted octanol–water partition coefficient (Wildman–Crippen LogP) is 2.98. The second-order valence-electron chi connectivity index (χ2n) is 5.07. The number of para-hydroxylation sites is 1. The first-order valence-electron chi connectivity index (χ1n) is 6.89. The van der Waals surface area contributed by atoms with Crippen molar-refractivity contribution < 1.29 is 4.79 Å². The quantitative estimate of drug-likeness (QED) is 0.906. The Kier molecular flexibility index (Phi) is 3.28. The highest BCUT2D eigenvalue weighted by atomic mass is 16.2. The van der Waals surface area contributed by atoms with E-state index in [1.54, 1.807) is 7.05 Å². The number of fused-ring (bicyclic) bond motifs is 3. The van der Waals surface area contributed by atoms with E-state index >= 15 is 0 Å². The molecule has 1 heterocycles.